The van der Waals surface area contributed by atoms with Crippen LogP contribution in [0.2, 0.25) is 0 Å². The first kappa shape index (κ1) is 23.0. The van der Waals surface area contributed by atoms with Gasteiger partial charge in [-0.3, -0.25) is 10.2 Å². The molecule has 9 heteroatoms. The molecule has 0 spiro atoms. The molecular weight excluding hydrogens is 452 g/mol. The summed E-state index contributed by atoms with van der Waals surface area (Å²) in [5, 5.41) is 17.4. The summed E-state index contributed by atoms with van der Waals surface area (Å²) in [6, 6.07) is 24.1. The molecule has 0 unspecified atom stereocenters. The molecule has 0 saturated carbocycles. The first-order chi connectivity index (χ1) is 16.2. The highest BCUT2D eigenvalue weighted by Crippen LogP contribution is 2.27. The number of hydrogen-bond donors (Lipinski definition) is 4. The zero-order valence-electron chi connectivity index (χ0n) is 18.0. The molecule has 0 atom stereocenters. The van der Waals surface area contributed by atoms with Gasteiger partial charge in [-0.1, -0.05) is 48.5 Å². The number of hydrogen-bond acceptors (Lipinski definition) is 5. The maximum absolute atomic E-state index is 12.4. The van der Waals surface area contributed by atoms with E-state index in [1.54, 1.807) is 66.7 Å². The van der Waals surface area contributed by atoms with Crippen LogP contribution in [0.5, 0.6) is 5.75 Å². The SMILES string of the molecule is N=C(N)c1ccc2ccc(OCC(=O)Nc3ccc(-c4ccccc4S(N)(=O)=O)cc3)cc2c1. The molecule has 6 N–H and O–H groups in total. The number of sulfonamides is 1. The Morgan fingerprint density at radius 1 is 0.912 bits per heavy atom. The first-order valence-electron chi connectivity index (χ1n) is 10.2. The number of carbonyl (C=O) groups is 1. The summed E-state index contributed by atoms with van der Waals surface area (Å²) < 4.78 is 29.3. The third kappa shape index (κ3) is 5.22. The summed E-state index contributed by atoms with van der Waals surface area (Å²) in [6.45, 7) is -0.200. The van der Waals surface area contributed by atoms with E-state index in [1.807, 2.05) is 12.1 Å². The van der Waals surface area contributed by atoms with Crippen molar-refractivity contribution < 1.29 is 17.9 Å². The molecule has 8 nitrogen and oxygen atoms in total. The van der Waals surface area contributed by atoms with Crippen molar-refractivity contribution in [1.29, 1.82) is 5.41 Å². The number of nitrogens with one attached hydrogen (secondary N) is 2. The van der Waals surface area contributed by atoms with Gasteiger partial charge in [0.05, 0.1) is 4.90 Å². The van der Waals surface area contributed by atoms with Gasteiger partial charge >= 0.3 is 0 Å². The van der Waals surface area contributed by atoms with Crippen LogP contribution in [0.4, 0.5) is 5.69 Å². The van der Waals surface area contributed by atoms with Gasteiger partial charge in [-0.15, -0.1) is 0 Å². The minimum atomic E-state index is -3.87. The third-order valence-corrected chi connectivity index (χ3v) is 6.13. The summed E-state index contributed by atoms with van der Waals surface area (Å²) in [7, 11) is -3.87. The highest BCUT2D eigenvalue weighted by molar-refractivity contribution is 7.89. The van der Waals surface area contributed by atoms with Crippen LogP contribution in [0.15, 0.2) is 89.8 Å². The lowest BCUT2D eigenvalue weighted by atomic mass is 10.1. The van der Waals surface area contributed by atoms with Crippen LogP contribution in [0, 0.1) is 5.41 Å². The minimum Gasteiger partial charge on any atom is -0.484 e. The molecule has 172 valence electrons. The number of nitrogens with two attached hydrogens (primary N) is 2. The minimum absolute atomic E-state index is 0.0215. The summed E-state index contributed by atoms with van der Waals surface area (Å²) in [5.41, 5.74) is 7.83. The van der Waals surface area contributed by atoms with E-state index in [0.29, 0.717) is 28.1 Å². The Hall–Kier alpha value is -4.21. The lowest BCUT2D eigenvalue weighted by molar-refractivity contribution is -0.118. The molecule has 4 aromatic carbocycles. The molecule has 0 aromatic heterocycles. The predicted octanol–water partition coefficient (Wildman–Crippen LogP) is 3.46. The topological polar surface area (TPSA) is 148 Å². The van der Waals surface area contributed by atoms with Crippen molar-refractivity contribution in [1.82, 2.24) is 0 Å². The molecule has 0 radical (unpaired) electrons. The summed E-state index contributed by atoms with van der Waals surface area (Å²) in [5.74, 6) is 0.139. The largest absolute Gasteiger partial charge is 0.484 e. The Balaban J connectivity index is 1.42. The number of anilines is 1. The monoisotopic (exact) mass is 474 g/mol. The van der Waals surface area contributed by atoms with Gasteiger partial charge in [0, 0.05) is 16.8 Å². The quantitative estimate of drug-likeness (QED) is 0.239. The average Bonchev–Trinajstić information content (AvgIpc) is 2.82. The molecule has 0 bridgehead atoms. The van der Waals surface area contributed by atoms with Gasteiger partial charge in [-0.05, 0) is 52.7 Å². The number of ether oxygens (including phenoxy) is 1. The Kier molecular flexibility index (Phi) is 6.31. The van der Waals surface area contributed by atoms with Crippen molar-refractivity contribution in [2.24, 2.45) is 10.9 Å². The maximum atomic E-state index is 12.4. The van der Waals surface area contributed by atoms with Gasteiger partial charge in [0.15, 0.2) is 6.61 Å². The number of carbonyl (C=O) groups excluding carboxylic acids is 1. The summed E-state index contributed by atoms with van der Waals surface area (Å²) in [6.07, 6.45) is 0. The normalized spacial score (nSPS) is 11.2. The fraction of sp³-hybridized carbons (Fsp3) is 0.0400. The molecule has 0 aliphatic rings. The molecule has 0 aliphatic heterocycles. The highest BCUT2D eigenvalue weighted by Gasteiger charge is 2.14. The van der Waals surface area contributed by atoms with Crippen LogP contribution < -0.4 is 20.9 Å². The average molecular weight is 475 g/mol. The third-order valence-electron chi connectivity index (χ3n) is 5.17. The van der Waals surface area contributed by atoms with Crippen molar-refractivity contribution in [3.8, 4) is 16.9 Å². The standard InChI is InChI=1S/C25H22N4O4S/c26-25(27)18-6-5-16-9-12-21(14-19(16)13-18)33-15-24(30)29-20-10-7-17(8-11-20)22-3-1-2-4-23(22)34(28,31)32/h1-14H,15H2,(H3,26,27)(H,29,30)(H2,28,31,32). The Morgan fingerprint density at radius 3 is 2.32 bits per heavy atom. The van der Waals surface area contributed by atoms with E-state index in [2.05, 4.69) is 5.32 Å². The van der Waals surface area contributed by atoms with E-state index in [0.717, 1.165) is 10.8 Å². The van der Waals surface area contributed by atoms with E-state index >= 15 is 0 Å². The fourth-order valence-electron chi connectivity index (χ4n) is 3.51. The van der Waals surface area contributed by atoms with Crippen LogP contribution in [-0.4, -0.2) is 26.8 Å². The molecule has 1 amide bonds. The number of rotatable bonds is 7. The van der Waals surface area contributed by atoms with Gasteiger partial charge in [0.1, 0.15) is 11.6 Å². The molecule has 0 fully saturated rings. The second kappa shape index (κ2) is 9.34. The van der Waals surface area contributed by atoms with Crippen LogP contribution in [0.3, 0.4) is 0 Å². The Morgan fingerprint density at radius 2 is 1.62 bits per heavy atom. The van der Waals surface area contributed by atoms with E-state index in [1.165, 1.54) is 6.07 Å². The maximum Gasteiger partial charge on any atom is 0.262 e. The lowest BCUT2D eigenvalue weighted by Crippen LogP contribution is -2.20. The molecule has 0 heterocycles. The first-order valence-corrected chi connectivity index (χ1v) is 11.8. The van der Waals surface area contributed by atoms with Crippen LogP contribution in [-0.2, 0) is 14.8 Å². The highest BCUT2D eigenvalue weighted by atomic mass is 32.2. The predicted molar refractivity (Wildman–Crippen MR) is 132 cm³/mol. The molecule has 4 aromatic rings. The fourth-order valence-corrected chi connectivity index (χ4v) is 4.28. The summed E-state index contributed by atoms with van der Waals surface area (Å²) >= 11 is 0. The van der Waals surface area contributed by atoms with Crippen molar-refractivity contribution in [2.45, 2.75) is 4.90 Å². The van der Waals surface area contributed by atoms with Crippen molar-refractivity contribution >= 4 is 38.2 Å². The van der Waals surface area contributed by atoms with Crippen molar-refractivity contribution in [3.63, 3.8) is 0 Å². The Labute approximate surface area is 196 Å². The van der Waals surface area contributed by atoms with E-state index in [-0.39, 0.29) is 23.2 Å². The smallest absolute Gasteiger partial charge is 0.262 e. The zero-order chi connectivity index (χ0) is 24.3. The molecular formula is C25H22N4O4S. The molecule has 4 rings (SSSR count). The Bertz CT molecular complexity index is 1500. The van der Waals surface area contributed by atoms with E-state index in [9.17, 15) is 13.2 Å². The second-order valence-electron chi connectivity index (χ2n) is 7.59. The molecule has 0 aliphatic carbocycles. The number of fused-ring (bicyclic) bond motifs is 1. The number of primary sulfonamides is 1. The number of amidine groups is 1. The van der Waals surface area contributed by atoms with Crippen LogP contribution >= 0.6 is 0 Å². The van der Waals surface area contributed by atoms with Gasteiger partial charge in [0.25, 0.3) is 5.91 Å². The van der Waals surface area contributed by atoms with Gasteiger partial charge in [0.2, 0.25) is 10.0 Å². The van der Waals surface area contributed by atoms with Gasteiger partial charge in [-0.2, -0.15) is 0 Å². The second-order valence-corrected chi connectivity index (χ2v) is 9.12. The zero-order valence-corrected chi connectivity index (χ0v) is 18.8. The van der Waals surface area contributed by atoms with Crippen LogP contribution in [0.25, 0.3) is 21.9 Å². The van der Waals surface area contributed by atoms with Gasteiger partial charge < -0.3 is 15.8 Å². The molecule has 0 saturated heterocycles. The van der Waals surface area contributed by atoms with Crippen molar-refractivity contribution in [2.75, 3.05) is 11.9 Å². The number of nitrogen functional groups attached to an aromatic ring is 1. The van der Waals surface area contributed by atoms with E-state index in [4.69, 9.17) is 21.0 Å². The number of benzene rings is 4. The van der Waals surface area contributed by atoms with E-state index < -0.39 is 10.0 Å². The van der Waals surface area contributed by atoms with Crippen molar-refractivity contribution in [3.05, 3.63) is 90.5 Å². The number of amides is 1. The lowest BCUT2D eigenvalue weighted by Gasteiger charge is -2.11. The van der Waals surface area contributed by atoms with Gasteiger partial charge in [-0.25, -0.2) is 13.6 Å². The van der Waals surface area contributed by atoms with Crippen LogP contribution in [0.1, 0.15) is 5.56 Å². The molecule has 34 heavy (non-hydrogen) atoms. The summed E-state index contributed by atoms with van der Waals surface area (Å²) in [4.78, 5) is 12.4.